The van der Waals surface area contributed by atoms with Gasteiger partial charge in [-0.25, -0.2) is 8.78 Å². The van der Waals surface area contributed by atoms with Gasteiger partial charge in [0.25, 0.3) is 0 Å². The number of rotatable bonds is 9. The first-order valence-electron chi connectivity index (χ1n) is 15.0. The van der Waals surface area contributed by atoms with E-state index < -0.39 is 60.3 Å². The average Bonchev–Trinajstić information content (AvgIpc) is 3.52. The maximum Gasteiger partial charge on any atom is 0.249 e. The largest absolute Gasteiger partial charge is 0.384 e. The molecule has 1 saturated carbocycles. The Balaban J connectivity index is 1.37. The Hall–Kier alpha value is -2.40. The first kappa shape index (κ1) is 31.6. The van der Waals surface area contributed by atoms with E-state index in [1.807, 2.05) is 6.07 Å². The summed E-state index contributed by atoms with van der Waals surface area (Å²) in [5.74, 6) is -2.16. The second-order valence-electron chi connectivity index (χ2n) is 12.9. The lowest BCUT2D eigenvalue weighted by atomic mass is 9.46. The minimum absolute atomic E-state index is 0.0830. The van der Waals surface area contributed by atoms with Crippen molar-refractivity contribution in [2.45, 2.75) is 61.1 Å². The lowest BCUT2D eigenvalue weighted by Crippen LogP contribution is -2.69. The minimum Gasteiger partial charge on any atom is -0.384 e. The number of fused-ring (bicyclic) bond motifs is 3. The molecule has 6 rings (SSSR count). The molecule has 5 atom stereocenters. The lowest BCUT2D eigenvalue weighted by molar-refractivity contribution is -0.138. The van der Waals surface area contributed by atoms with Crippen molar-refractivity contribution in [3.8, 4) is 0 Å². The predicted octanol–water partition coefficient (Wildman–Crippen LogP) is 5.85. The predicted molar refractivity (Wildman–Crippen MR) is 160 cm³/mol. The lowest BCUT2D eigenvalue weighted by Gasteiger charge is -2.60. The van der Waals surface area contributed by atoms with Gasteiger partial charge >= 0.3 is 0 Å². The number of carbonyl (C=O) groups excluding carboxylic acids is 2. The molecule has 4 aliphatic rings. The Morgan fingerprint density at radius 3 is 2.52 bits per heavy atom. The average molecular weight is 657 g/mol. The molecule has 12 heteroatoms. The van der Waals surface area contributed by atoms with E-state index in [9.17, 15) is 22.8 Å². The zero-order chi connectivity index (χ0) is 31.3. The third-order valence-electron chi connectivity index (χ3n) is 10.3. The van der Waals surface area contributed by atoms with Gasteiger partial charge in [-0.2, -0.15) is 0 Å². The SMILES string of the molecule is O=C(NCCF)[C@@H]1CC[C@@H](CC(=O)[C@@H]2NC3(CC(CF)(CF)C3)[C@@]3(CNc4cc(Cl)ccc43)[C@H]2c2cccc(Cl)c2F)CO1. The molecule has 1 aliphatic carbocycles. The highest BCUT2D eigenvalue weighted by molar-refractivity contribution is 6.31. The fourth-order valence-corrected chi connectivity index (χ4v) is 8.74. The number of ether oxygens (including phenoxy) is 1. The van der Waals surface area contributed by atoms with Crippen LogP contribution in [-0.2, 0) is 19.7 Å². The van der Waals surface area contributed by atoms with Crippen LogP contribution in [0.15, 0.2) is 36.4 Å². The van der Waals surface area contributed by atoms with Crippen LogP contribution < -0.4 is 16.0 Å². The number of hydrogen-bond donors (Lipinski definition) is 3. The molecule has 6 nitrogen and oxygen atoms in total. The molecule has 3 aliphatic heterocycles. The Kier molecular flexibility index (Phi) is 8.67. The van der Waals surface area contributed by atoms with Crippen molar-refractivity contribution in [2.24, 2.45) is 11.3 Å². The molecule has 0 radical (unpaired) electrons. The summed E-state index contributed by atoms with van der Waals surface area (Å²) in [6, 6.07) is 9.19. The number of amides is 1. The van der Waals surface area contributed by atoms with Gasteiger partial charge in [0.1, 0.15) is 18.6 Å². The number of Topliss-reactive ketones (excluding diaryl/α,β-unsaturated/α-hetero) is 1. The number of hydrogen-bond acceptors (Lipinski definition) is 5. The summed E-state index contributed by atoms with van der Waals surface area (Å²) in [6.45, 7) is -2.00. The van der Waals surface area contributed by atoms with Crippen LogP contribution in [0, 0.1) is 17.2 Å². The number of benzene rings is 2. The summed E-state index contributed by atoms with van der Waals surface area (Å²) in [5.41, 5.74) is -1.26. The van der Waals surface area contributed by atoms with E-state index in [1.165, 1.54) is 6.07 Å². The maximum atomic E-state index is 16.0. The molecule has 238 valence electrons. The fourth-order valence-electron chi connectivity index (χ4n) is 8.39. The number of ketones is 1. The second-order valence-corrected chi connectivity index (χ2v) is 13.7. The summed E-state index contributed by atoms with van der Waals surface area (Å²) < 4.78 is 62.8. The van der Waals surface area contributed by atoms with Crippen molar-refractivity contribution >= 4 is 40.6 Å². The molecule has 3 fully saturated rings. The van der Waals surface area contributed by atoms with Gasteiger partial charge in [0, 0.05) is 52.5 Å². The van der Waals surface area contributed by atoms with Crippen LogP contribution in [0.2, 0.25) is 10.0 Å². The molecule has 1 amide bonds. The van der Waals surface area contributed by atoms with E-state index in [1.54, 1.807) is 24.3 Å². The Morgan fingerprint density at radius 1 is 1.07 bits per heavy atom. The molecule has 3 heterocycles. The first-order chi connectivity index (χ1) is 21.1. The smallest absolute Gasteiger partial charge is 0.249 e. The van der Waals surface area contributed by atoms with Gasteiger partial charge in [-0.15, -0.1) is 0 Å². The molecule has 0 bridgehead atoms. The third-order valence-corrected chi connectivity index (χ3v) is 10.8. The van der Waals surface area contributed by atoms with Gasteiger partial charge in [-0.1, -0.05) is 41.4 Å². The van der Waals surface area contributed by atoms with E-state index >= 15 is 4.39 Å². The molecule has 44 heavy (non-hydrogen) atoms. The van der Waals surface area contributed by atoms with Gasteiger partial charge in [0.15, 0.2) is 5.78 Å². The molecular formula is C32H35Cl2F4N3O3. The van der Waals surface area contributed by atoms with Crippen molar-refractivity contribution in [2.75, 3.05) is 45.0 Å². The summed E-state index contributed by atoms with van der Waals surface area (Å²) in [7, 11) is 0. The molecule has 3 N–H and O–H groups in total. The van der Waals surface area contributed by atoms with E-state index in [0.717, 1.165) is 11.3 Å². The summed E-state index contributed by atoms with van der Waals surface area (Å²) in [5, 5.41) is 9.85. The Morgan fingerprint density at radius 2 is 1.84 bits per heavy atom. The van der Waals surface area contributed by atoms with E-state index in [2.05, 4.69) is 16.0 Å². The Labute approximate surface area is 263 Å². The van der Waals surface area contributed by atoms with Crippen LogP contribution >= 0.6 is 23.2 Å². The van der Waals surface area contributed by atoms with Crippen molar-refractivity contribution in [1.29, 1.82) is 0 Å². The molecule has 0 unspecified atom stereocenters. The van der Waals surface area contributed by atoms with E-state index in [4.69, 9.17) is 27.9 Å². The Bertz CT molecular complexity index is 1430. The van der Waals surface area contributed by atoms with E-state index in [0.29, 0.717) is 24.4 Å². The highest BCUT2D eigenvalue weighted by atomic mass is 35.5. The first-order valence-corrected chi connectivity index (χ1v) is 15.7. The number of halogens is 6. The van der Waals surface area contributed by atoms with Gasteiger partial charge in [-0.3, -0.25) is 18.4 Å². The minimum atomic E-state index is -1.19. The van der Waals surface area contributed by atoms with Crippen LogP contribution in [0.1, 0.15) is 49.1 Å². The van der Waals surface area contributed by atoms with Crippen molar-refractivity contribution in [1.82, 2.24) is 10.6 Å². The molecule has 2 aromatic carbocycles. The fraction of sp³-hybridized carbons (Fsp3) is 0.562. The van der Waals surface area contributed by atoms with Gasteiger partial charge < -0.3 is 20.7 Å². The van der Waals surface area contributed by atoms with Crippen molar-refractivity contribution in [3.63, 3.8) is 0 Å². The molecule has 2 aromatic rings. The maximum absolute atomic E-state index is 16.0. The van der Waals surface area contributed by atoms with E-state index in [-0.39, 0.29) is 60.6 Å². The molecular weight excluding hydrogens is 621 g/mol. The second kappa shape index (κ2) is 12.1. The summed E-state index contributed by atoms with van der Waals surface area (Å²) >= 11 is 12.6. The number of alkyl halides is 3. The normalized spacial score (nSPS) is 29.7. The number of anilines is 1. The van der Waals surface area contributed by atoms with Crippen LogP contribution in [0.3, 0.4) is 0 Å². The quantitative estimate of drug-likeness (QED) is 0.296. The number of carbonyl (C=O) groups is 2. The molecule has 2 spiro atoms. The topological polar surface area (TPSA) is 79.5 Å². The molecule has 0 aromatic heterocycles. The van der Waals surface area contributed by atoms with Gasteiger partial charge in [0.05, 0.1) is 31.0 Å². The number of nitrogens with one attached hydrogen (secondary N) is 3. The highest BCUT2D eigenvalue weighted by Gasteiger charge is 2.74. The van der Waals surface area contributed by atoms with Crippen LogP contribution in [0.4, 0.5) is 23.2 Å². The zero-order valence-electron chi connectivity index (χ0n) is 24.0. The third kappa shape index (κ3) is 5.00. The zero-order valence-corrected chi connectivity index (χ0v) is 25.6. The van der Waals surface area contributed by atoms with Crippen LogP contribution in [0.5, 0.6) is 0 Å². The highest BCUT2D eigenvalue weighted by Crippen LogP contribution is 2.68. The van der Waals surface area contributed by atoms with Crippen LogP contribution in [-0.4, -0.2) is 69.1 Å². The van der Waals surface area contributed by atoms with Gasteiger partial charge in [0.2, 0.25) is 5.91 Å². The van der Waals surface area contributed by atoms with Gasteiger partial charge in [-0.05, 0) is 60.9 Å². The summed E-state index contributed by atoms with van der Waals surface area (Å²) in [4.78, 5) is 26.5. The standard InChI is InChI=1S/C32H35Cl2F4N3O3/c33-19-5-6-21-23(11-19)40-17-32(21)26(20-2-1-3-22(34)27(20)38)28(41-31(32)13-30(14-31,15-36)16-37)24(42)10-18-4-7-25(44-12-18)29(43)39-9-8-35/h1-3,5-6,11,18,25-26,28,40-41H,4,7-10,12-17H2,(H,39,43)/t18-,25-,26-,28-,32+/m0/s1. The van der Waals surface area contributed by atoms with Crippen LogP contribution in [0.25, 0.3) is 0 Å². The summed E-state index contributed by atoms with van der Waals surface area (Å²) in [6.07, 6.45) is 0.549. The molecule has 2 saturated heterocycles. The van der Waals surface area contributed by atoms with Crippen molar-refractivity contribution < 1.29 is 31.9 Å². The van der Waals surface area contributed by atoms with Crippen molar-refractivity contribution in [3.05, 3.63) is 63.4 Å². The monoisotopic (exact) mass is 655 g/mol.